The van der Waals surface area contributed by atoms with E-state index in [1.807, 2.05) is 55.5 Å². The molecule has 4 aromatic rings. The lowest BCUT2D eigenvalue weighted by atomic mass is 10.1. The third-order valence-electron chi connectivity index (χ3n) is 3.90. The second kappa shape index (κ2) is 6.32. The number of nitrogens with one attached hydrogen (secondary N) is 1. The van der Waals surface area contributed by atoms with Crippen molar-refractivity contribution in [3.8, 4) is 17.0 Å². The fourth-order valence-electron chi connectivity index (χ4n) is 2.57. The van der Waals surface area contributed by atoms with Crippen LogP contribution in [0.4, 0.5) is 6.01 Å². The predicted octanol–water partition coefficient (Wildman–Crippen LogP) is 4.41. The number of anilines is 1. The second-order valence-corrected chi connectivity index (χ2v) is 5.75. The van der Waals surface area contributed by atoms with E-state index < -0.39 is 0 Å². The van der Waals surface area contributed by atoms with E-state index in [1.54, 1.807) is 7.11 Å². The zero-order chi connectivity index (χ0) is 17.2. The van der Waals surface area contributed by atoms with Crippen LogP contribution in [-0.4, -0.2) is 17.3 Å². The Morgan fingerprint density at radius 1 is 1.08 bits per heavy atom. The molecule has 0 radical (unpaired) electrons. The Kier molecular flexibility index (Phi) is 3.85. The first-order valence-corrected chi connectivity index (χ1v) is 7.92. The smallest absolute Gasteiger partial charge is 0.296 e. The summed E-state index contributed by atoms with van der Waals surface area (Å²) >= 11 is 0. The van der Waals surface area contributed by atoms with E-state index in [0.717, 1.165) is 33.7 Å². The highest BCUT2D eigenvalue weighted by molar-refractivity contribution is 5.75. The van der Waals surface area contributed by atoms with E-state index in [1.165, 1.54) is 0 Å². The highest BCUT2D eigenvalue weighted by atomic mass is 16.5. The van der Waals surface area contributed by atoms with E-state index in [9.17, 15) is 0 Å². The number of fused-ring (bicyclic) bond motifs is 1. The van der Waals surface area contributed by atoms with Crippen LogP contribution in [0.25, 0.3) is 22.4 Å². The molecule has 6 nitrogen and oxygen atoms in total. The normalized spacial score (nSPS) is 11.0. The number of aryl methyl sites for hydroxylation is 1. The fourth-order valence-corrected chi connectivity index (χ4v) is 2.57. The van der Waals surface area contributed by atoms with Gasteiger partial charge >= 0.3 is 0 Å². The summed E-state index contributed by atoms with van der Waals surface area (Å²) in [5.41, 5.74) is 4.47. The molecule has 0 unspecified atom stereocenters. The van der Waals surface area contributed by atoms with Gasteiger partial charge in [0.25, 0.3) is 6.01 Å². The molecule has 0 atom stereocenters. The van der Waals surface area contributed by atoms with Crippen molar-refractivity contribution in [3.63, 3.8) is 0 Å². The summed E-state index contributed by atoms with van der Waals surface area (Å²) in [5.74, 6) is 1.50. The number of hydrogen-bond donors (Lipinski definition) is 1. The average Bonchev–Trinajstić information content (AvgIpc) is 3.26. The first-order chi connectivity index (χ1) is 12.2. The third kappa shape index (κ3) is 3.19. The van der Waals surface area contributed by atoms with Gasteiger partial charge in [-0.25, -0.2) is 0 Å². The number of methoxy groups -OCH3 is 1. The average molecular weight is 335 g/mol. The van der Waals surface area contributed by atoms with Gasteiger partial charge in [0.2, 0.25) is 0 Å². The standard InChI is InChI=1S/C19H17N3O3/c1-12-3-8-18-17(9-12)21-19(24-18)20-11-15-10-16(22-25-15)13-4-6-14(23-2)7-5-13/h3-10H,11H2,1-2H3,(H,20,21). The first kappa shape index (κ1) is 15.3. The minimum absolute atomic E-state index is 0.439. The highest BCUT2D eigenvalue weighted by Gasteiger charge is 2.09. The Morgan fingerprint density at radius 3 is 2.72 bits per heavy atom. The number of nitrogens with zero attached hydrogens (tertiary/aromatic N) is 2. The molecule has 6 heteroatoms. The number of benzene rings is 2. The molecule has 0 amide bonds. The molecule has 0 aliphatic rings. The largest absolute Gasteiger partial charge is 0.497 e. The molecular weight excluding hydrogens is 318 g/mol. The lowest BCUT2D eigenvalue weighted by molar-refractivity contribution is 0.389. The third-order valence-corrected chi connectivity index (χ3v) is 3.90. The lowest BCUT2D eigenvalue weighted by Gasteiger charge is -1.99. The SMILES string of the molecule is COc1ccc(-c2cc(CNc3nc4cc(C)ccc4o3)on2)cc1. The topological polar surface area (TPSA) is 73.3 Å². The van der Waals surface area contributed by atoms with Crippen LogP contribution in [0.1, 0.15) is 11.3 Å². The van der Waals surface area contributed by atoms with Gasteiger partial charge in [-0.15, -0.1) is 0 Å². The van der Waals surface area contributed by atoms with Crippen molar-refractivity contribution in [1.29, 1.82) is 0 Å². The van der Waals surface area contributed by atoms with Crippen LogP contribution in [0.5, 0.6) is 5.75 Å². The second-order valence-electron chi connectivity index (χ2n) is 5.75. The Morgan fingerprint density at radius 2 is 1.92 bits per heavy atom. The fraction of sp³-hybridized carbons (Fsp3) is 0.158. The van der Waals surface area contributed by atoms with Crippen LogP contribution in [0.3, 0.4) is 0 Å². The molecule has 0 spiro atoms. The molecule has 0 bridgehead atoms. The first-order valence-electron chi connectivity index (χ1n) is 7.92. The van der Waals surface area contributed by atoms with Crippen LogP contribution in [0.2, 0.25) is 0 Å². The maximum absolute atomic E-state index is 5.66. The van der Waals surface area contributed by atoms with Gasteiger partial charge in [-0.05, 0) is 48.9 Å². The van der Waals surface area contributed by atoms with Gasteiger partial charge in [0.15, 0.2) is 11.3 Å². The molecule has 0 fully saturated rings. The molecule has 126 valence electrons. The van der Waals surface area contributed by atoms with E-state index in [2.05, 4.69) is 15.5 Å². The van der Waals surface area contributed by atoms with Crippen molar-refractivity contribution in [3.05, 3.63) is 59.9 Å². The maximum atomic E-state index is 5.66. The molecule has 4 rings (SSSR count). The van der Waals surface area contributed by atoms with Gasteiger partial charge in [0, 0.05) is 11.6 Å². The molecule has 25 heavy (non-hydrogen) atoms. The number of rotatable bonds is 5. The number of aromatic nitrogens is 2. The molecule has 0 saturated carbocycles. The molecular formula is C19H17N3O3. The van der Waals surface area contributed by atoms with Gasteiger partial charge in [-0.2, -0.15) is 4.98 Å². The molecule has 1 N–H and O–H groups in total. The summed E-state index contributed by atoms with van der Waals surface area (Å²) < 4.78 is 16.2. The predicted molar refractivity (Wildman–Crippen MR) is 94.6 cm³/mol. The summed E-state index contributed by atoms with van der Waals surface area (Å²) in [6, 6.07) is 15.9. The Hall–Kier alpha value is -3.28. The van der Waals surface area contributed by atoms with Gasteiger partial charge in [-0.1, -0.05) is 11.2 Å². The Bertz CT molecular complexity index is 1000. The van der Waals surface area contributed by atoms with E-state index in [4.69, 9.17) is 13.7 Å². The molecule has 0 aliphatic carbocycles. The maximum Gasteiger partial charge on any atom is 0.296 e. The van der Waals surface area contributed by atoms with Crippen molar-refractivity contribution in [2.75, 3.05) is 12.4 Å². The summed E-state index contributed by atoms with van der Waals surface area (Å²) in [6.45, 7) is 2.46. The van der Waals surface area contributed by atoms with Crippen LogP contribution in [-0.2, 0) is 6.54 Å². The summed E-state index contributed by atoms with van der Waals surface area (Å²) in [7, 11) is 1.64. The van der Waals surface area contributed by atoms with Crippen molar-refractivity contribution in [1.82, 2.24) is 10.1 Å². The van der Waals surface area contributed by atoms with E-state index in [-0.39, 0.29) is 0 Å². The lowest BCUT2D eigenvalue weighted by Crippen LogP contribution is -1.97. The zero-order valence-corrected chi connectivity index (χ0v) is 13.9. The van der Waals surface area contributed by atoms with Crippen LogP contribution in [0.15, 0.2) is 57.5 Å². The zero-order valence-electron chi connectivity index (χ0n) is 13.9. The van der Waals surface area contributed by atoms with Crippen molar-refractivity contribution in [2.45, 2.75) is 13.5 Å². The molecule has 2 heterocycles. The molecule has 0 saturated heterocycles. The number of oxazole rings is 1. The van der Waals surface area contributed by atoms with Gasteiger partial charge in [0.05, 0.1) is 13.7 Å². The van der Waals surface area contributed by atoms with Crippen LogP contribution in [0, 0.1) is 6.92 Å². The minimum atomic E-state index is 0.439. The van der Waals surface area contributed by atoms with Crippen LogP contribution >= 0.6 is 0 Å². The summed E-state index contributed by atoms with van der Waals surface area (Å²) in [6.07, 6.45) is 0. The Labute approximate surface area is 144 Å². The van der Waals surface area contributed by atoms with E-state index >= 15 is 0 Å². The van der Waals surface area contributed by atoms with E-state index in [0.29, 0.717) is 18.3 Å². The number of hydrogen-bond acceptors (Lipinski definition) is 6. The van der Waals surface area contributed by atoms with Crippen molar-refractivity contribution >= 4 is 17.1 Å². The number of ether oxygens (including phenoxy) is 1. The van der Waals surface area contributed by atoms with Gasteiger partial charge in [-0.3, -0.25) is 0 Å². The summed E-state index contributed by atoms with van der Waals surface area (Å²) in [4.78, 5) is 4.42. The monoisotopic (exact) mass is 335 g/mol. The summed E-state index contributed by atoms with van der Waals surface area (Å²) in [5, 5.41) is 7.22. The molecule has 2 aromatic carbocycles. The molecule has 2 aromatic heterocycles. The van der Waals surface area contributed by atoms with Crippen molar-refractivity contribution in [2.24, 2.45) is 0 Å². The molecule has 0 aliphatic heterocycles. The quantitative estimate of drug-likeness (QED) is 0.582. The van der Waals surface area contributed by atoms with Crippen LogP contribution < -0.4 is 10.1 Å². The van der Waals surface area contributed by atoms with Crippen molar-refractivity contribution < 1.29 is 13.7 Å². The minimum Gasteiger partial charge on any atom is -0.497 e. The van der Waals surface area contributed by atoms with Gasteiger partial charge in [0.1, 0.15) is 17.0 Å². The van der Waals surface area contributed by atoms with Gasteiger partial charge < -0.3 is 19.0 Å². The Balaban J connectivity index is 1.46. The highest BCUT2D eigenvalue weighted by Crippen LogP contribution is 2.23.